The van der Waals surface area contributed by atoms with Gasteiger partial charge in [0.05, 0.1) is 20.8 Å². The summed E-state index contributed by atoms with van der Waals surface area (Å²) in [6, 6.07) is 5.60. The number of amides is 2. The molecule has 7 nitrogen and oxygen atoms in total. The molecule has 178 valence electrons. The number of nitrogens with one attached hydrogen (secondary N) is 2. The standard InChI is InChI=1S/C25H39N3O4/c1-17-12-20(15-25(2,3)14-17)27-24(30)18-8-10-28(11-9-18)16-23(29)26-19-6-7-21(31-4)22(13-19)32-5/h6-7,13,17-18,20H,8-12,14-16H2,1-5H3,(H,26,29)(H,27,30). The first-order chi connectivity index (χ1) is 15.2. The largest absolute Gasteiger partial charge is 0.493 e. The topological polar surface area (TPSA) is 79.9 Å². The Labute approximate surface area is 192 Å². The van der Waals surface area contributed by atoms with Crippen LogP contribution < -0.4 is 20.1 Å². The lowest BCUT2D eigenvalue weighted by molar-refractivity contribution is -0.127. The molecular weight excluding hydrogens is 406 g/mol. The van der Waals surface area contributed by atoms with Crippen molar-refractivity contribution in [2.75, 3.05) is 39.2 Å². The molecule has 32 heavy (non-hydrogen) atoms. The second kappa shape index (κ2) is 10.6. The van der Waals surface area contributed by atoms with Crippen molar-refractivity contribution in [2.45, 2.75) is 58.9 Å². The number of piperidine rings is 1. The van der Waals surface area contributed by atoms with Gasteiger partial charge in [-0.3, -0.25) is 14.5 Å². The summed E-state index contributed by atoms with van der Waals surface area (Å²) in [4.78, 5) is 27.5. The minimum absolute atomic E-state index is 0.0421. The van der Waals surface area contributed by atoms with E-state index < -0.39 is 0 Å². The minimum Gasteiger partial charge on any atom is -0.493 e. The highest BCUT2D eigenvalue weighted by Gasteiger charge is 2.34. The second-order valence-corrected chi connectivity index (χ2v) is 10.3. The van der Waals surface area contributed by atoms with E-state index in [1.165, 1.54) is 6.42 Å². The van der Waals surface area contributed by atoms with Crippen LogP contribution >= 0.6 is 0 Å². The molecule has 1 saturated heterocycles. The lowest BCUT2D eigenvalue weighted by Gasteiger charge is -2.40. The molecular formula is C25H39N3O4. The van der Waals surface area contributed by atoms with Crippen LogP contribution in [0.4, 0.5) is 5.69 Å². The fourth-order valence-electron chi connectivity index (χ4n) is 5.45. The molecule has 2 amide bonds. The van der Waals surface area contributed by atoms with Crippen LogP contribution in [0.3, 0.4) is 0 Å². The van der Waals surface area contributed by atoms with E-state index in [1.54, 1.807) is 32.4 Å². The summed E-state index contributed by atoms with van der Waals surface area (Å²) in [5.41, 5.74) is 0.965. The maximum absolute atomic E-state index is 12.8. The summed E-state index contributed by atoms with van der Waals surface area (Å²) in [5.74, 6) is 2.01. The Bertz CT molecular complexity index is 802. The molecule has 1 aromatic carbocycles. The molecule has 1 aliphatic carbocycles. The predicted molar refractivity (Wildman–Crippen MR) is 126 cm³/mol. The van der Waals surface area contributed by atoms with Crippen molar-refractivity contribution in [3.63, 3.8) is 0 Å². The van der Waals surface area contributed by atoms with E-state index >= 15 is 0 Å². The predicted octanol–water partition coefficient (Wildman–Crippen LogP) is 3.69. The quantitative estimate of drug-likeness (QED) is 0.669. The van der Waals surface area contributed by atoms with E-state index in [1.807, 2.05) is 0 Å². The highest BCUT2D eigenvalue weighted by Crippen LogP contribution is 2.38. The van der Waals surface area contributed by atoms with Gasteiger partial charge in [0.15, 0.2) is 11.5 Å². The number of hydrogen-bond donors (Lipinski definition) is 2. The monoisotopic (exact) mass is 445 g/mol. The smallest absolute Gasteiger partial charge is 0.238 e. The molecule has 1 aliphatic heterocycles. The number of rotatable bonds is 7. The van der Waals surface area contributed by atoms with Gasteiger partial charge in [0.25, 0.3) is 0 Å². The van der Waals surface area contributed by atoms with Crippen molar-refractivity contribution < 1.29 is 19.1 Å². The van der Waals surface area contributed by atoms with Crippen molar-refractivity contribution in [1.29, 1.82) is 0 Å². The third kappa shape index (κ3) is 6.61. The fraction of sp³-hybridized carbons (Fsp3) is 0.680. The first-order valence-corrected chi connectivity index (χ1v) is 11.7. The average Bonchev–Trinajstić information content (AvgIpc) is 2.72. The molecule has 2 atom stereocenters. The summed E-state index contributed by atoms with van der Waals surface area (Å²) >= 11 is 0. The Morgan fingerprint density at radius 1 is 1.09 bits per heavy atom. The van der Waals surface area contributed by atoms with Gasteiger partial charge in [-0.25, -0.2) is 0 Å². The Hall–Kier alpha value is -2.28. The van der Waals surface area contributed by atoms with Crippen LogP contribution in [0.25, 0.3) is 0 Å². The third-order valence-corrected chi connectivity index (χ3v) is 6.73. The van der Waals surface area contributed by atoms with Gasteiger partial charge >= 0.3 is 0 Å². The molecule has 0 radical (unpaired) electrons. The van der Waals surface area contributed by atoms with Gasteiger partial charge in [-0.05, 0) is 68.7 Å². The number of nitrogens with zero attached hydrogens (tertiary/aromatic N) is 1. The number of benzene rings is 1. The van der Waals surface area contributed by atoms with E-state index in [0.29, 0.717) is 35.1 Å². The van der Waals surface area contributed by atoms with Gasteiger partial charge in [0.2, 0.25) is 11.8 Å². The van der Waals surface area contributed by atoms with Gasteiger partial charge in [0, 0.05) is 23.7 Å². The highest BCUT2D eigenvalue weighted by atomic mass is 16.5. The second-order valence-electron chi connectivity index (χ2n) is 10.3. The van der Waals surface area contributed by atoms with Crippen LogP contribution in [0.1, 0.15) is 52.9 Å². The number of carbonyl (C=O) groups is 2. The number of ether oxygens (including phenoxy) is 2. The molecule has 0 spiro atoms. The van der Waals surface area contributed by atoms with Gasteiger partial charge in [-0.1, -0.05) is 20.8 Å². The molecule has 1 saturated carbocycles. The maximum atomic E-state index is 12.8. The Kier molecular flexibility index (Phi) is 8.04. The summed E-state index contributed by atoms with van der Waals surface area (Å²) in [6.45, 7) is 8.71. The molecule has 1 heterocycles. The zero-order valence-electron chi connectivity index (χ0n) is 20.2. The lowest BCUT2D eigenvalue weighted by atomic mass is 9.70. The van der Waals surface area contributed by atoms with E-state index in [2.05, 4.69) is 36.3 Å². The molecule has 2 fully saturated rings. The Morgan fingerprint density at radius 3 is 2.41 bits per heavy atom. The van der Waals surface area contributed by atoms with Crippen LogP contribution in [0.5, 0.6) is 11.5 Å². The van der Waals surface area contributed by atoms with Gasteiger partial charge in [-0.15, -0.1) is 0 Å². The molecule has 7 heteroatoms. The normalized spacial score (nSPS) is 23.9. The lowest BCUT2D eigenvalue weighted by Crippen LogP contribution is -2.48. The zero-order valence-corrected chi connectivity index (χ0v) is 20.2. The average molecular weight is 446 g/mol. The Balaban J connectivity index is 1.43. The van der Waals surface area contributed by atoms with Gasteiger partial charge < -0.3 is 20.1 Å². The first kappa shape index (κ1) is 24.4. The summed E-state index contributed by atoms with van der Waals surface area (Å²) < 4.78 is 10.5. The van der Waals surface area contributed by atoms with E-state index in [9.17, 15) is 9.59 Å². The summed E-state index contributed by atoms with van der Waals surface area (Å²) in [7, 11) is 3.15. The van der Waals surface area contributed by atoms with Crippen LogP contribution in [0.15, 0.2) is 18.2 Å². The van der Waals surface area contributed by atoms with Gasteiger partial charge in [0.1, 0.15) is 0 Å². The first-order valence-electron chi connectivity index (χ1n) is 11.7. The number of carbonyl (C=O) groups excluding carboxylic acids is 2. The summed E-state index contributed by atoms with van der Waals surface area (Å²) in [6.07, 6.45) is 4.94. The van der Waals surface area contributed by atoms with Crippen molar-refractivity contribution in [1.82, 2.24) is 10.2 Å². The zero-order chi connectivity index (χ0) is 23.3. The SMILES string of the molecule is COc1ccc(NC(=O)CN2CCC(C(=O)NC3CC(C)CC(C)(C)C3)CC2)cc1OC. The van der Waals surface area contributed by atoms with Crippen molar-refractivity contribution in [3.8, 4) is 11.5 Å². The van der Waals surface area contributed by atoms with Crippen molar-refractivity contribution >= 4 is 17.5 Å². The van der Waals surface area contributed by atoms with Crippen LogP contribution in [0.2, 0.25) is 0 Å². The van der Waals surface area contributed by atoms with E-state index in [-0.39, 0.29) is 23.8 Å². The summed E-state index contributed by atoms with van der Waals surface area (Å²) in [5, 5.41) is 6.24. The molecule has 2 aliphatic rings. The van der Waals surface area contributed by atoms with Crippen molar-refractivity contribution in [3.05, 3.63) is 18.2 Å². The van der Waals surface area contributed by atoms with Crippen molar-refractivity contribution in [2.24, 2.45) is 17.3 Å². The minimum atomic E-state index is -0.0708. The number of anilines is 1. The fourth-order valence-corrected chi connectivity index (χ4v) is 5.45. The third-order valence-electron chi connectivity index (χ3n) is 6.73. The van der Waals surface area contributed by atoms with Crippen LogP contribution in [0, 0.1) is 17.3 Å². The van der Waals surface area contributed by atoms with E-state index in [4.69, 9.17) is 9.47 Å². The molecule has 0 bridgehead atoms. The maximum Gasteiger partial charge on any atom is 0.238 e. The molecule has 0 aromatic heterocycles. The number of likely N-dealkylation sites (tertiary alicyclic amines) is 1. The van der Waals surface area contributed by atoms with Crippen LogP contribution in [-0.4, -0.2) is 56.6 Å². The molecule has 3 rings (SSSR count). The number of hydrogen-bond acceptors (Lipinski definition) is 5. The van der Waals surface area contributed by atoms with E-state index in [0.717, 1.165) is 38.8 Å². The molecule has 1 aromatic rings. The molecule has 2 N–H and O–H groups in total. The Morgan fingerprint density at radius 2 is 1.78 bits per heavy atom. The highest BCUT2D eigenvalue weighted by molar-refractivity contribution is 5.92. The van der Waals surface area contributed by atoms with Gasteiger partial charge in [-0.2, -0.15) is 0 Å². The molecule has 2 unspecified atom stereocenters. The number of methoxy groups -OCH3 is 2. The van der Waals surface area contributed by atoms with Crippen LogP contribution in [-0.2, 0) is 9.59 Å².